The van der Waals surface area contributed by atoms with Crippen molar-refractivity contribution in [2.45, 2.75) is 59.7 Å². The van der Waals surface area contributed by atoms with E-state index in [1.54, 1.807) is 20.8 Å². The first-order valence-corrected chi connectivity index (χ1v) is 6.61. The quantitative estimate of drug-likeness (QED) is 0.661. The minimum atomic E-state index is -3.91. The number of halogens is 1. The molecule has 0 aromatic heterocycles. The predicted molar refractivity (Wildman–Crippen MR) is 58.5 cm³/mol. The third kappa shape index (κ3) is 5.77. The van der Waals surface area contributed by atoms with Gasteiger partial charge < -0.3 is 4.52 Å². The lowest BCUT2D eigenvalue weighted by molar-refractivity contribution is 0.150. The summed E-state index contributed by atoms with van der Waals surface area (Å²) in [7, 11) is -3.91. The van der Waals surface area contributed by atoms with Crippen molar-refractivity contribution in [2.24, 2.45) is 5.41 Å². The molecule has 0 fully saturated rings. The van der Waals surface area contributed by atoms with E-state index >= 15 is 0 Å². The Bertz CT molecular complexity index is 221. The SMILES string of the molecule is CC(CC(C)(C)C)OP(=O)(F)C(C)C. The normalized spacial score (nSPS) is 19.4. The molecule has 2 atom stereocenters. The molecular formula is C10H22FO2P. The molecule has 0 spiro atoms. The second-order valence-electron chi connectivity index (χ2n) is 5.30. The van der Waals surface area contributed by atoms with Crippen molar-refractivity contribution in [3.63, 3.8) is 0 Å². The lowest BCUT2D eigenvalue weighted by Crippen LogP contribution is -2.17. The van der Waals surface area contributed by atoms with Crippen LogP contribution in [0.1, 0.15) is 48.0 Å². The highest BCUT2D eigenvalue weighted by Gasteiger charge is 2.30. The van der Waals surface area contributed by atoms with E-state index in [-0.39, 0.29) is 11.5 Å². The second kappa shape index (κ2) is 4.76. The molecule has 0 aromatic rings. The third-order valence-electron chi connectivity index (χ3n) is 1.84. The standard InChI is InChI=1S/C10H22FO2P/c1-8(2)14(11,12)13-9(3)7-10(4,5)6/h8-9H,7H2,1-6H3. The summed E-state index contributed by atoms with van der Waals surface area (Å²) >= 11 is 0. The summed E-state index contributed by atoms with van der Waals surface area (Å²) < 4.78 is 29.7. The maximum atomic E-state index is 13.4. The van der Waals surface area contributed by atoms with Gasteiger partial charge in [0, 0.05) is 0 Å². The molecule has 0 aliphatic heterocycles. The highest BCUT2D eigenvalue weighted by atomic mass is 31.2. The first-order valence-electron chi connectivity index (χ1n) is 5.02. The average molecular weight is 224 g/mol. The van der Waals surface area contributed by atoms with Gasteiger partial charge in [-0.05, 0) is 18.8 Å². The Morgan fingerprint density at radius 3 is 2.00 bits per heavy atom. The molecule has 0 radical (unpaired) electrons. The fourth-order valence-electron chi connectivity index (χ4n) is 1.27. The van der Waals surface area contributed by atoms with E-state index in [1.165, 1.54) is 0 Å². The van der Waals surface area contributed by atoms with Gasteiger partial charge in [0.2, 0.25) is 0 Å². The molecule has 0 saturated carbocycles. The Hall–Kier alpha value is 0.120. The Morgan fingerprint density at radius 2 is 1.71 bits per heavy atom. The van der Waals surface area contributed by atoms with Crippen LogP contribution in [0.4, 0.5) is 4.20 Å². The van der Waals surface area contributed by atoms with Gasteiger partial charge in [0.1, 0.15) is 0 Å². The maximum absolute atomic E-state index is 13.4. The van der Waals surface area contributed by atoms with Crippen molar-refractivity contribution in [3.8, 4) is 0 Å². The van der Waals surface area contributed by atoms with Crippen LogP contribution in [0.2, 0.25) is 0 Å². The molecule has 0 N–H and O–H groups in total. The van der Waals surface area contributed by atoms with Gasteiger partial charge in [-0.2, -0.15) is 4.20 Å². The number of hydrogen-bond donors (Lipinski definition) is 0. The fraction of sp³-hybridized carbons (Fsp3) is 1.00. The first kappa shape index (κ1) is 14.1. The van der Waals surface area contributed by atoms with E-state index < -0.39 is 13.3 Å². The van der Waals surface area contributed by atoms with Crippen LogP contribution in [0, 0.1) is 5.41 Å². The zero-order valence-electron chi connectivity index (χ0n) is 10.0. The highest BCUT2D eigenvalue weighted by Crippen LogP contribution is 2.54. The van der Waals surface area contributed by atoms with Crippen LogP contribution in [-0.2, 0) is 9.09 Å². The maximum Gasteiger partial charge on any atom is 0.370 e. The van der Waals surface area contributed by atoms with E-state index in [4.69, 9.17) is 4.52 Å². The monoisotopic (exact) mass is 224 g/mol. The summed E-state index contributed by atoms with van der Waals surface area (Å²) in [5.41, 5.74) is -0.485. The molecule has 0 rings (SSSR count). The van der Waals surface area contributed by atoms with Crippen LogP contribution in [-0.4, -0.2) is 11.8 Å². The van der Waals surface area contributed by atoms with Crippen molar-refractivity contribution >= 4 is 7.68 Å². The van der Waals surface area contributed by atoms with Crippen molar-refractivity contribution in [1.82, 2.24) is 0 Å². The van der Waals surface area contributed by atoms with E-state index in [0.717, 1.165) is 0 Å². The molecule has 2 nitrogen and oxygen atoms in total. The molecule has 0 amide bonds. The van der Waals surface area contributed by atoms with Crippen LogP contribution in [0.25, 0.3) is 0 Å². The third-order valence-corrected chi connectivity index (χ3v) is 3.72. The van der Waals surface area contributed by atoms with Gasteiger partial charge in [-0.3, -0.25) is 4.57 Å². The second-order valence-corrected chi connectivity index (χ2v) is 7.58. The predicted octanol–water partition coefficient (Wildman–Crippen LogP) is 4.40. The van der Waals surface area contributed by atoms with Gasteiger partial charge in [-0.1, -0.05) is 34.6 Å². The van der Waals surface area contributed by atoms with Gasteiger partial charge in [-0.25, -0.2) is 0 Å². The van der Waals surface area contributed by atoms with Crippen molar-refractivity contribution in [1.29, 1.82) is 0 Å². The molecule has 4 heteroatoms. The van der Waals surface area contributed by atoms with Gasteiger partial charge in [0.15, 0.2) is 0 Å². The zero-order valence-corrected chi connectivity index (χ0v) is 10.9. The van der Waals surface area contributed by atoms with E-state index in [0.29, 0.717) is 6.42 Å². The van der Waals surface area contributed by atoms with Crippen LogP contribution >= 0.6 is 7.68 Å². The van der Waals surface area contributed by atoms with Crippen LogP contribution in [0.3, 0.4) is 0 Å². The Labute approximate surface area is 86.8 Å². The smallest absolute Gasteiger partial charge is 0.302 e. The van der Waals surface area contributed by atoms with Crippen molar-refractivity contribution in [2.75, 3.05) is 0 Å². The molecule has 2 unspecified atom stereocenters. The number of rotatable bonds is 4. The Morgan fingerprint density at radius 1 is 1.29 bits per heavy atom. The summed E-state index contributed by atoms with van der Waals surface area (Å²) in [5.74, 6) is 0. The Kier molecular flexibility index (Phi) is 4.80. The average Bonchev–Trinajstić information content (AvgIpc) is 1.79. The van der Waals surface area contributed by atoms with E-state index in [2.05, 4.69) is 0 Å². The lowest BCUT2D eigenvalue weighted by atomic mass is 9.90. The molecule has 0 aliphatic rings. The summed E-state index contributed by atoms with van der Waals surface area (Å²) in [6.07, 6.45) is 0.404. The van der Waals surface area contributed by atoms with E-state index in [1.807, 2.05) is 20.8 Å². The largest absolute Gasteiger partial charge is 0.370 e. The minimum absolute atomic E-state index is 0.0659. The zero-order chi connectivity index (χ0) is 11.6. The van der Waals surface area contributed by atoms with Gasteiger partial charge in [0.05, 0.1) is 11.8 Å². The summed E-state index contributed by atoms with van der Waals surface area (Å²) in [5, 5.41) is 0. The fourth-order valence-corrected chi connectivity index (χ4v) is 2.08. The summed E-state index contributed by atoms with van der Waals surface area (Å²) in [6, 6.07) is 0. The van der Waals surface area contributed by atoms with Gasteiger partial charge >= 0.3 is 7.68 Å². The molecule has 0 aromatic carbocycles. The van der Waals surface area contributed by atoms with Crippen LogP contribution in [0.15, 0.2) is 0 Å². The molecule has 0 saturated heterocycles. The van der Waals surface area contributed by atoms with Gasteiger partial charge in [0.25, 0.3) is 0 Å². The molecule has 86 valence electrons. The highest BCUT2D eigenvalue weighted by molar-refractivity contribution is 7.54. The molecule has 0 bridgehead atoms. The number of hydrogen-bond acceptors (Lipinski definition) is 2. The topological polar surface area (TPSA) is 26.3 Å². The molecular weight excluding hydrogens is 202 g/mol. The molecule has 0 aliphatic carbocycles. The van der Waals surface area contributed by atoms with Crippen LogP contribution in [0.5, 0.6) is 0 Å². The Balaban J connectivity index is 4.20. The van der Waals surface area contributed by atoms with E-state index in [9.17, 15) is 8.76 Å². The van der Waals surface area contributed by atoms with Gasteiger partial charge in [-0.15, -0.1) is 0 Å². The lowest BCUT2D eigenvalue weighted by Gasteiger charge is -2.25. The minimum Gasteiger partial charge on any atom is -0.302 e. The van der Waals surface area contributed by atoms with Crippen molar-refractivity contribution < 1.29 is 13.3 Å². The van der Waals surface area contributed by atoms with Crippen LogP contribution < -0.4 is 0 Å². The first-order chi connectivity index (χ1) is 6.04. The molecule has 0 heterocycles. The molecule has 14 heavy (non-hydrogen) atoms. The summed E-state index contributed by atoms with van der Waals surface area (Å²) in [4.78, 5) is 0. The summed E-state index contributed by atoms with van der Waals surface area (Å²) in [6.45, 7) is 11.1. The van der Waals surface area contributed by atoms with Crippen molar-refractivity contribution in [3.05, 3.63) is 0 Å².